The number of aryl methyl sites for hydroxylation is 3. The van der Waals surface area contributed by atoms with Crippen molar-refractivity contribution in [3.8, 4) is 0 Å². The number of rotatable bonds is 14. The second-order valence-corrected chi connectivity index (χ2v) is 10.2. The summed E-state index contributed by atoms with van der Waals surface area (Å²) in [6.07, 6.45) is 19.9. The van der Waals surface area contributed by atoms with Crippen LogP contribution in [-0.4, -0.2) is 50.7 Å². The molecule has 0 radical (unpaired) electrons. The summed E-state index contributed by atoms with van der Waals surface area (Å²) in [7, 11) is 1.90. The SMILES string of the molecule is C/C=C(\C=C/C1=C(C(=O)CCCc2nc[nH]c2CCC)C=NC1)c1cnn(C)c1.CC.CC\C=C/C=C(\C(C)=C\C=N)C(F)(F)F. The van der Waals surface area contributed by atoms with Crippen LogP contribution in [0.4, 0.5) is 13.2 Å². The van der Waals surface area contributed by atoms with Crippen LogP contribution in [0.25, 0.3) is 5.57 Å². The van der Waals surface area contributed by atoms with Gasteiger partial charge in [-0.25, -0.2) is 4.98 Å². The molecule has 2 aromatic heterocycles. The number of imidazole rings is 1. The Bertz CT molecular complexity index is 1460. The quantitative estimate of drug-likeness (QED) is 0.159. The van der Waals surface area contributed by atoms with Crippen LogP contribution >= 0.6 is 0 Å². The summed E-state index contributed by atoms with van der Waals surface area (Å²) in [4.78, 5) is 24.7. The first-order valence-electron chi connectivity index (χ1n) is 15.8. The number of aromatic amines is 1. The summed E-state index contributed by atoms with van der Waals surface area (Å²) >= 11 is 0. The molecule has 46 heavy (non-hydrogen) atoms. The molecule has 0 spiro atoms. The Kier molecular flexibility index (Phi) is 18.5. The number of alkyl halides is 3. The average molecular weight is 639 g/mol. The summed E-state index contributed by atoms with van der Waals surface area (Å²) in [5, 5.41) is 11.0. The third kappa shape index (κ3) is 13.3. The Labute approximate surface area is 272 Å². The minimum absolute atomic E-state index is 0.0400. The lowest BCUT2D eigenvalue weighted by molar-refractivity contribution is -0.115. The van der Waals surface area contributed by atoms with Crippen molar-refractivity contribution in [3.05, 3.63) is 100 Å². The van der Waals surface area contributed by atoms with Crippen LogP contribution in [0.5, 0.6) is 0 Å². The maximum Gasteiger partial charge on any atom is 0.416 e. The van der Waals surface area contributed by atoms with Gasteiger partial charge in [-0.05, 0) is 62.3 Å². The van der Waals surface area contributed by atoms with Gasteiger partial charge in [-0.1, -0.05) is 70.6 Å². The van der Waals surface area contributed by atoms with Crippen LogP contribution in [0.1, 0.15) is 84.2 Å². The molecule has 2 aromatic rings. The Morgan fingerprint density at radius 3 is 2.50 bits per heavy atom. The fraction of sp³-hybridized carbons (Fsp3) is 0.417. The van der Waals surface area contributed by atoms with E-state index < -0.39 is 11.7 Å². The van der Waals surface area contributed by atoms with E-state index in [1.165, 1.54) is 18.7 Å². The Balaban J connectivity index is 0.000000529. The second-order valence-electron chi connectivity index (χ2n) is 10.2. The number of Topliss-reactive ketones (excluding diaryl/α,β-unsaturated/α-hetero) is 1. The van der Waals surface area contributed by atoms with E-state index in [2.05, 4.69) is 27.0 Å². The van der Waals surface area contributed by atoms with Gasteiger partial charge in [-0.15, -0.1) is 0 Å². The molecule has 3 heterocycles. The number of halogens is 3. The minimum Gasteiger partial charge on any atom is -0.348 e. The van der Waals surface area contributed by atoms with Crippen molar-refractivity contribution in [2.24, 2.45) is 12.0 Å². The van der Waals surface area contributed by atoms with Crippen molar-refractivity contribution in [3.63, 3.8) is 0 Å². The van der Waals surface area contributed by atoms with Crippen molar-refractivity contribution in [1.29, 1.82) is 5.41 Å². The van der Waals surface area contributed by atoms with Gasteiger partial charge in [0.25, 0.3) is 0 Å². The maximum atomic E-state index is 12.7. The highest BCUT2D eigenvalue weighted by atomic mass is 19.4. The van der Waals surface area contributed by atoms with Gasteiger partial charge in [0.05, 0.1) is 30.3 Å². The molecule has 7 nitrogen and oxygen atoms in total. The monoisotopic (exact) mass is 638 g/mol. The number of carbonyl (C=O) groups excluding carboxylic acids is 1. The normalized spacial score (nSPS) is 14.1. The number of nitrogens with one attached hydrogen (secondary N) is 2. The molecule has 1 aliphatic rings. The number of H-pyrrole nitrogens is 1. The summed E-state index contributed by atoms with van der Waals surface area (Å²) in [5.41, 5.74) is 5.45. The molecule has 1 aliphatic heterocycles. The van der Waals surface area contributed by atoms with E-state index in [1.54, 1.807) is 23.3 Å². The number of aliphatic imine (C=N–C) groups is 1. The van der Waals surface area contributed by atoms with E-state index in [0.717, 1.165) is 72.0 Å². The second kappa shape index (κ2) is 21.4. The predicted octanol–water partition coefficient (Wildman–Crippen LogP) is 9.09. The zero-order valence-corrected chi connectivity index (χ0v) is 28.2. The van der Waals surface area contributed by atoms with Crippen LogP contribution in [0, 0.1) is 5.41 Å². The van der Waals surface area contributed by atoms with E-state index in [-0.39, 0.29) is 11.4 Å². The van der Waals surface area contributed by atoms with Gasteiger partial charge in [0.2, 0.25) is 0 Å². The third-order valence-electron chi connectivity index (χ3n) is 6.76. The molecule has 3 rings (SSSR count). The topological polar surface area (TPSA) is 99.8 Å². The standard InChI is InChI=1S/C23H29N5O.C11H14F3N.C2H6/c1-4-7-21-22(26-16-25-21)8-6-9-23(29)20-14-24-12-18(20)11-10-17(5-2)19-13-27-28(3)15-19;1-3-4-5-6-10(11(12,13)14)9(2)7-8-15;1-2/h5,10-11,13-16H,4,6-9,12H2,1-3H3,(H,25,26);4-8,15H,3H2,1-2H3;1-2H3/b11-10-,17-5+;5-4-,9-7+,10-6+,15-8?;. The first-order chi connectivity index (χ1) is 22.0. The fourth-order valence-electron chi connectivity index (χ4n) is 4.46. The van der Waals surface area contributed by atoms with Gasteiger partial charge < -0.3 is 10.4 Å². The van der Waals surface area contributed by atoms with Crippen molar-refractivity contribution in [1.82, 2.24) is 19.7 Å². The molecule has 0 amide bonds. The lowest BCUT2D eigenvalue weighted by Crippen LogP contribution is -2.12. The molecule has 0 atom stereocenters. The van der Waals surface area contributed by atoms with Crippen LogP contribution in [0.3, 0.4) is 0 Å². The number of nitrogens with zero attached hydrogens (tertiary/aromatic N) is 4. The first kappa shape index (κ1) is 39.7. The molecule has 250 valence electrons. The lowest BCUT2D eigenvalue weighted by Gasteiger charge is -2.10. The molecular formula is C36H49F3N6O. The molecular weight excluding hydrogens is 589 g/mol. The molecule has 0 saturated carbocycles. The number of carbonyl (C=O) groups is 1. The molecule has 0 aliphatic carbocycles. The summed E-state index contributed by atoms with van der Waals surface area (Å²) in [5.74, 6) is 0.155. The van der Waals surface area contributed by atoms with Gasteiger partial charge in [0.1, 0.15) is 0 Å². The molecule has 0 bridgehead atoms. The molecule has 0 fully saturated rings. The average Bonchev–Trinajstić information content (AvgIpc) is 3.79. The largest absolute Gasteiger partial charge is 0.416 e. The minimum atomic E-state index is -4.37. The third-order valence-corrected chi connectivity index (χ3v) is 6.76. The molecule has 0 aromatic carbocycles. The lowest BCUT2D eigenvalue weighted by atomic mass is 10.00. The van der Waals surface area contributed by atoms with E-state index >= 15 is 0 Å². The summed E-state index contributed by atoms with van der Waals surface area (Å²) < 4.78 is 39.3. The maximum absolute atomic E-state index is 12.7. The number of allylic oxidation sites excluding steroid dienone is 10. The zero-order valence-electron chi connectivity index (χ0n) is 28.2. The van der Waals surface area contributed by atoms with Crippen LogP contribution < -0.4 is 0 Å². The molecule has 0 saturated heterocycles. The summed E-state index contributed by atoms with van der Waals surface area (Å²) in [6, 6.07) is 0. The highest BCUT2D eigenvalue weighted by molar-refractivity contribution is 6.15. The predicted molar refractivity (Wildman–Crippen MR) is 184 cm³/mol. The number of hydrogen-bond acceptors (Lipinski definition) is 5. The van der Waals surface area contributed by atoms with Crippen molar-refractivity contribution in [2.75, 3.05) is 6.54 Å². The first-order valence-corrected chi connectivity index (χ1v) is 15.8. The van der Waals surface area contributed by atoms with Gasteiger partial charge in [0, 0.05) is 48.9 Å². The highest BCUT2D eigenvalue weighted by Crippen LogP contribution is 2.31. The number of aromatic nitrogens is 4. The van der Waals surface area contributed by atoms with E-state index in [9.17, 15) is 18.0 Å². The number of ketones is 1. The Morgan fingerprint density at radius 2 is 1.91 bits per heavy atom. The Morgan fingerprint density at radius 1 is 1.17 bits per heavy atom. The van der Waals surface area contributed by atoms with Gasteiger partial charge >= 0.3 is 6.18 Å². The van der Waals surface area contributed by atoms with E-state index in [4.69, 9.17) is 5.41 Å². The van der Waals surface area contributed by atoms with Crippen molar-refractivity contribution >= 4 is 23.8 Å². The van der Waals surface area contributed by atoms with E-state index in [1.807, 2.05) is 65.4 Å². The van der Waals surface area contributed by atoms with Crippen LogP contribution in [0.2, 0.25) is 0 Å². The smallest absolute Gasteiger partial charge is 0.348 e. The molecule has 0 unspecified atom stereocenters. The van der Waals surface area contributed by atoms with Gasteiger partial charge in [0.15, 0.2) is 5.78 Å². The van der Waals surface area contributed by atoms with Crippen molar-refractivity contribution < 1.29 is 18.0 Å². The highest BCUT2D eigenvalue weighted by Gasteiger charge is 2.33. The fourth-order valence-corrected chi connectivity index (χ4v) is 4.46. The van der Waals surface area contributed by atoms with Crippen molar-refractivity contribution in [2.45, 2.75) is 86.2 Å². The Hall–Kier alpha value is -4.34. The van der Waals surface area contributed by atoms with Gasteiger partial charge in [-0.2, -0.15) is 18.3 Å². The van der Waals surface area contributed by atoms with Gasteiger partial charge in [-0.3, -0.25) is 14.5 Å². The summed E-state index contributed by atoms with van der Waals surface area (Å²) in [6.45, 7) is 11.9. The van der Waals surface area contributed by atoms with Crippen LogP contribution in [0.15, 0.2) is 88.5 Å². The number of hydrogen-bond donors (Lipinski definition) is 2. The van der Waals surface area contributed by atoms with Crippen LogP contribution in [-0.2, 0) is 24.7 Å². The van der Waals surface area contributed by atoms with E-state index in [0.29, 0.717) is 19.4 Å². The zero-order chi connectivity index (χ0) is 34.5. The molecule has 10 heteroatoms. The molecule has 2 N–H and O–H groups in total.